The molecule has 1 aromatic heterocycles. The van der Waals surface area contributed by atoms with Crippen LogP contribution in [0.15, 0.2) is 24.4 Å². The number of hydrogen-bond donors (Lipinski definition) is 2. The number of pyridine rings is 1. The first kappa shape index (κ1) is 9.46. The van der Waals surface area contributed by atoms with Crippen molar-refractivity contribution in [3.8, 4) is 0 Å². The van der Waals surface area contributed by atoms with Crippen LogP contribution in [-0.2, 0) is 0 Å². The predicted molar refractivity (Wildman–Crippen MR) is 58.1 cm³/mol. The van der Waals surface area contributed by atoms with E-state index in [1.807, 2.05) is 24.4 Å². The molecule has 0 saturated heterocycles. The van der Waals surface area contributed by atoms with Crippen molar-refractivity contribution in [1.82, 2.24) is 4.98 Å². The summed E-state index contributed by atoms with van der Waals surface area (Å²) in [6.07, 6.45) is 6.40. The predicted octanol–water partition coefficient (Wildman–Crippen LogP) is 1.76. The van der Waals surface area contributed by atoms with Crippen LogP contribution in [0.1, 0.15) is 25.7 Å². The maximum Gasteiger partial charge on any atom is 0.126 e. The van der Waals surface area contributed by atoms with E-state index in [-0.39, 0.29) is 0 Å². The summed E-state index contributed by atoms with van der Waals surface area (Å²) in [5.41, 5.74) is 5.85. The molecule has 0 atom stereocenters. The van der Waals surface area contributed by atoms with E-state index in [4.69, 9.17) is 5.73 Å². The average Bonchev–Trinajstić information content (AvgIpc) is 2.23. The van der Waals surface area contributed by atoms with Crippen molar-refractivity contribution in [2.45, 2.75) is 37.8 Å². The monoisotopic (exact) mass is 191 g/mol. The van der Waals surface area contributed by atoms with Crippen LogP contribution < -0.4 is 11.1 Å². The van der Waals surface area contributed by atoms with Crippen molar-refractivity contribution in [3.63, 3.8) is 0 Å². The van der Waals surface area contributed by atoms with Gasteiger partial charge in [0.25, 0.3) is 0 Å². The molecule has 0 radical (unpaired) electrons. The van der Waals surface area contributed by atoms with Gasteiger partial charge in [0.1, 0.15) is 5.82 Å². The zero-order chi connectivity index (χ0) is 9.80. The van der Waals surface area contributed by atoms with Gasteiger partial charge in [-0.2, -0.15) is 0 Å². The average molecular weight is 191 g/mol. The molecule has 14 heavy (non-hydrogen) atoms. The quantitative estimate of drug-likeness (QED) is 0.749. The summed E-state index contributed by atoms with van der Waals surface area (Å²) in [6, 6.07) is 6.92. The van der Waals surface area contributed by atoms with E-state index < -0.39 is 0 Å². The molecule has 3 heteroatoms. The van der Waals surface area contributed by atoms with Crippen molar-refractivity contribution < 1.29 is 0 Å². The lowest BCUT2D eigenvalue weighted by molar-refractivity contribution is 0.410. The maximum absolute atomic E-state index is 5.85. The summed E-state index contributed by atoms with van der Waals surface area (Å²) >= 11 is 0. The standard InChI is InChI=1S/C11H17N3/c12-9-4-6-10(7-5-9)14-11-3-1-2-8-13-11/h1-3,8-10H,4-7,12H2,(H,13,14). The Hall–Kier alpha value is -1.09. The number of nitrogens with one attached hydrogen (secondary N) is 1. The summed E-state index contributed by atoms with van der Waals surface area (Å²) in [4.78, 5) is 4.25. The summed E-state index contributed by atoms with van der Waals surface area (Å²) in [5, 5.41) is 3.43. The highest BCUT2D eigenvalue weighted by Crippen LogP contribution is 2.19. The molecule has 0 unspecified atom stereocenters. The van der Waals surface area contributed by atoms with Crippen LogP contribution in [-0.4, -0.2) is 17.1 Å². The molecule has 76 valence electrons. The molecule has 1 aromatic rings. The molecule has 0 spiro atoms. The van der Waals surface area contributed by atoms with Crippen molar-refractivity contribution in [1.29, 1.82) is 0 Å². The van der Waals surface area contributed by atoms with E-state index in [0.717, 1.165) is 31.5 Å². The van der Waals surface area contributed by atoms with E-state index in [1.165, 1.54) is 0 Å². The molecule has 0 aliphatic heterocycles. The summed E-state index contributed by atoms with van der Waals surface area (Å²) in [5.74, 6) is 0.980. The van der Waals surface area contributed by atoms with E-state index in [2.05, 4.69) is 10.3 Å². The maximum atomic E-state index is 5.85. The Morgan fingerprint density at radius 3 is 2.64 bits per heavy atom. The van der Waals surface area contributed by atoms with Gasteiger partial charge in [0, 0.05) is 18.3 Å². The smallest absolute Gasteiger partial charge is 0.126 e. The largest absolute Gasteiger partial charge is 0.367 e. The molecule has 0 aromatic carbocycles. The Morgan fingerprint density at radius 1 is 1.21 bits per heavy atom. The first-order valence-corrected chi connectivity index (χ1v) is 5.28. The minimum Gasteiger partial charge on any atom is -0.367 e. The van der Waals surface area contributed by atoms with E-state index in [9.17, 15) is 0 Å². The Morgan fingerprint density at radius 2 is 2.00 bits per heavy atom. The van der Waals surface area contributed by atoms with Crippen molar-refractivity contribution in [3.05, 3.63) is 24.4 Å². The Kier molecular flexibility index (Phi) is 2.99. The third kappa shape index (κ3) is 2.45. The van der Waals surface area contributed by atoms with Gasteiger partial charge in [-0.1, -0.05) is 6.07 Å². The molecule has 1 aliphatic rings. The number of rotatable bonds is 2. The van der Waals surface area contributed by atoms with Gasteiger partial charge in [-0.25, -0.2) is 4.98 Å². The van der Waals surface area contributed by atoms with E-state index in [1.54, 1.807) is 0 Å². The third-order valence-electron chi connectivity index (χ3n) is 2.79. The SMILES string of the molecule is NC1CCC(Nc2ccccn2)CC1. The van der Waals surface area contributed by atoms with Gasteiger partial charge in [-0.15, -0.1) is 0 Å². The van der Waals surface area contributed by atoms with Gasteiger partial charge < -0.3 is 11.1 Å². The second-order valence-corrected chi connectivity index (χ2v) is 3.97. The highest BCUT2D eigenvalue weighted by molar-refractivity contribution is 5.34. The van der Waals surface area contributed by atoms with Crippen LogP contribution in [0.3, 0.4) is 0 Å². The number of nitrogens with zero attached hydrogens (tertiary/aromatic N) is 1. The number of hydrogen-bond acceptors (Lipinski definition) is 3. The fourth-order valence-electron chi connectivity index (χ4n) is 1.92. The van der Waals surface area contributed by atoms with Crippen molar-refractivity contribution >= 4 is 5.82 Å². The van der Waals surface area contributed by atoms with Gasteiger partial charge in [-0.05, 0) is 37.8 Å². The minimum absolute atomic E-state index is 0.414. The van der Waals surface area contributed by atoms with E-state index >= 15 is 0 Å². The molecule has 1 fully saturated rings. The van der Waals surface area contributed by atoms with Gasteiger partial charge in [-0.3, -0.25) is 0 Å². The molecule has 1 saturated carbocycles. The topological polar surface area (TPSA) is 50.9 Å². The highest BCUT2D eigenvalue weighted by atomic mass is 15.0. The normalized spacial score (nSPS) is 27.2. The number of anilines is 1. The zero-order valence-corrected chi connectivity index (χ0v) is 8.32. The zero-order valence-electron chi connectivity index (χ0n) is 8.32. The lowest BCUT2D eigenvalue weighted by Gasteiger charge is -2.27. The van der Waals surface area contributed by atoms with Crippen molar-refractivity contribution in [2.24, 2.45) is 5.73 Å². The fourth-order valence-corrected chi connectivity index (χ4v) is 1.92. The number of nitrogens with two attached hydrogens (primary N) is 1. The summed E-state index contributed by atoms with van der Waals surface area (Å²) < 4.78 is 0. The van der Waals surface area contributed by atoms with Gasteiger partial charge in [0.05, 0.1) is 0 Å². The Bertz CT molecular complexity index is 265. The Labute approximate surface area is 84.7 Å². The first-order valence-electron chi connectivity index (χ1n) is 5.28. The van der Waals surface area contributed by atoms with Crippen LogP contribution in [0.25, 0.3) is 0 Å². The lowest BCUT2D eigenvalue weighted by Crippen LogP contribution is -2.32. The summed E-state index contributed by atoms with van der Waals surface area (Å²) in [7, 11) is 0. The fraction of sp³-hybridized carbons (Fsp3) is 0.545. The lowest BCUT2D eigenvalue weighted by atomic mass is 9.92. The van der Waals surface area contributed by atoms with Crippen LogP contribution >= 0.6 is 0 Å². The van der Waals surface area contributed by atoms with Crippen LogP contribution in [0.4, 0.5) is 5.82 Å². The molecule has 3 N–H and O–H groups in total. The number of aromatic nitrogens is 1. The molecule has 1 aliphatic carbocycles. The van der Waals surface area contributed by atoms with E-state index in [0.29, 0.717) is 12.1 Å². The highest BCUT2D eigenvalue weighted by Gasteiger charge is 2.18. The second-order valence-electron chi connectivity index (χ2n) is 3.97. The molecule has 1 heterocycles. The molecule has 0 bridgehead atoms. The molecule has 2 rings (SSSR count). The molecular weight excluding hydrogens is 174 g/mol. The Balaban J connectivity index is 1.87. The van der Waals surface area contributed by atoms with Crippen LogP contribution in [0.2, 0.25) is 0 Å². The van der Waals surface area contributed by atoms with Crippen LogP contribution in [0, 0.1) is 0 Å². The molecule has 0 amide bonds. The van der Waals surface area contributed by atoms with Gasteiger partial charge in [0.15, 0.2) is 0 Å². The van der Waals surface area contributed by atoms with Crippen molar-refractivity contribution in [2.75, 3.05) is 5.32 Å². The second kappa shape index (κ2) is 4.42. The summed E-state index contributed by atoms with van der Waals surface area (Å²) in [6.45, 7) is 0. The van der Waals surface area contributed by atoms with Gasteiger partial charge >= 0.3 is 0 Å². The third-order valence-corrected chi connectivity index (χ3v) is 2.79. The minimum atomic E-state index is 0.414. The van der Waals surface area contributed by atoms with Gasteiger partial charge in [0.2, 0.25) is 0 Å². The van der Waals surface area contributed by atoms with Crippen LogP contribution in [0.5, 0.6) is 0 Å². The molecular formula is C11H17N3. The first-order chi connectivity index (χ1) is 6.84. The molecule has 3 nitrogen and oxygen atoms in total.